The predicted octanol–water partition coefficient (Wildman–Crippen LogP) is 3.58. The lowest BCUT2D eigenvalue weighted by atomic mass is 10.2. The molecular weight excluding hydrogens is 362 g/mol. The zero-order valence-electron chi connectivity index (χ0n) is 14.8. The Morgan fingerprint density at radius 3 is 2.93 bits per heavy atom. The van der Waals surface area contributed by atoms with Gasteiger partial charge in [0.25, 0.3) is 0 Å². The van der Waals surface area contributed by atoms with Crippen LogP contribution in [0.2, 0.25) is 0 Å². The number of para-hydroxylation sites is 2. The van der Waals surface area contributed by atoms with Gasteiger partial charge in [-0.05, 0) is 31.2 Å². The van der Waals surface area contributed by atoms with E-state index >= 15 is 0 Å². The molecule has 7 heteroatoms. The minimum Gasteiger partial charge on any atom is -0.504 e. The Kier molecular flexibility index (Phi) is 6.27. The lowest BCUT2D eigenvalue weighted by Gasteiger charge is -2.07. The predicted molar refractivity (Wildman–Crippen MR) is 107 cm³/mol. The molecule has 0 atom stereocenters. The number of phenolic OH excluding ortho intramolecular Hbond substituents is 1. The summed E-state index contributed by atoms with van der Waals surface area (Å²) < 4.78 is 5.32. The summed E-state index contributed by atoms with van der Waals surface area (Å²) in [5.74, 6) is 0.336. The van der Waals surface area contributed by atoms with Gasteiger partial charge in [0, 0.05) is 22.0 Å². The maximum atomic E-state index is 12.0. The van der Waals surface area contributed by atoms with Gasteiger partial charge in [-0.2, -0.15) is 5.10 Å². The molecule has 0 saturated carbocycles. The second-order valence-electron chi connectivity index (χ2n) is 5.54. The van der Waals surface area contributed by atoms with Crippen molar-refractivity contribution < 1.29 is 14.6 Å². The number of carbonyl (C=O) groups excluding carboxylic acids is 1. The van der Waals surface area contributed by atoms with Crippen LogP contribution in [0.25, 0.3) is 10.9 Å². The van der Waals surface area contributed by atoms with Crippen LogP contribution < -0.4 is 10.2 Å². The largest absolute Gasteiger partial charge is 0.504 e. The molecule has 3 aromatic rings. The minimum atomic E-state index is -0.246. The number of hydrogen-bond acceptors (Lipinski definition) is 6. The molecule has 0 saturated heterocycles. The van der Waals surface area contributed by atoms with Gasteiger partial charge in [0.05, 0.1) is 24.1 Å². The van der Waals surface area contributed by atoms with E-state index in [0.29, 0.717) is 17.9 Å². The van der Waals surface area contributed by atoms with Gasteiger partial charge in [-0.25, -0.2) is 5.43 Å². The number of carbonyl (C=O) groups is 1. The molecule has 0 aliphatic heterocycles. The summed E-state index contributed by atoms with van der Waals surface area (Å²) in [5.41, 5.74) is 3.80. The summed E-state index contributed by atoms with van der Waals surface area (Å²) in [6.07, 6.45) is 3.12. The van der Waals surface area contributed by atoms with Gasteiger partial charge in [-0.15, -0.1) is 11.8 Å². The number of hydrazone groups is 1. The quantitative estimate of drug-likeness (QED) is 0.371. The van der Waals surface area contributed by atoms with E-state index in [0.717, 1.165) is 15.8 Å². The van der Waals surface area contributed by atoms with E-state index in [9.17, 15) is 9.90 Å². The van der Waals surface area contributed by atoms with Crippen LogP contribution in [0.1, 0.15) is 12.5 Å². The zero-order valence-corrected chi connectivity index (χ0v) is 15.6. The Morgan fingerprint density at radius 2 is 2.07 bits per heavy atom. The van der Waals surface area contributed by atoms with E-state index in [1.54, 1.807) is 24.4 Å². The van der Waals surface area contributed by atoms with Gasteiger partial charge in [-0.3, -0.25) is 9.78 Å². The van der Waals surface area contributed by atoms with E-state index in [1.165, 1.54) is 18.0 Å². The van der Waals surface area contributed by atoms with Crippen LogP contribution in [0.3, 0.4) is 0 Å². The molecule has 2 N–H and O–H groups in total. The fourth-order valence-electron chi connectivity index (χ4n) is 2.46. The van der Waals surface area contributed by atoms with Crippen molar-refractivity contribution in [3.05, 3.63) is 60.3 Å². The number of phenols is 1. The van der Waals surface area contributed by atoms with Crippen LogP contribution in [0, 0.1) is 0 Å². The van der Waals surface area contributed by atoms with E-state index < -0.39 is 0 Å². The smallest absolute Gasteiger partial charge is 0.250 e. The number of ether oxygens (including phenoxy) is 1. The normalized spacial score (nSPS) is 11.0. The average Bonchev–Trinajstić information content (AvgIpc) is 2.69. The first-order valence-corrected chi connectivity index (χ1v) is 9.41. The van der Waals surface area contributed by atoms with E-state index in [1.807, 2.05) is 37.3 Å². The second-order valence-corrected chi connectivity index (χ2v) is 6.56. The van der Waals surface area contributed by atoms with Crippen molar-refractivity contribution in [2.75, 3.05) is 12.4 Å². The van der Waals surface area contributed by atoms with Crippen LogP contribution in [-0.2, 0) is 4.79 Å². The van der Waals surface area contributed by atoms with Gasteiger partial charge >= 0.3 is 0 Å². The molecule has 3 rings (SSSR count). The number of rotatable bonds is 7. The van der Waals surface area contributed by atoms with Gasteiger partial charge in [0.1, 0.15) is 0 Å². The Balaban J connectivity index is 1.58. The van der Waals surface area contributed by atoms with Crippen LogP contribution >= 0.6 is 11.8 Å². The lowest BCUT2D eigenvalue weighted by Crippen LogP contribution is -2.19. The number of thioether (sulfide) groups is 1. The molecule has 138 valence electrons. The van der Waals surface area contributed by atoms with Gasteiger partial charge in [0.15, 0.2) is 11.5 Å². The van der Waals surface area contributed by atoms with Crippen molar-refractivity contribution in [2.24, 2.45) is 5.10 Å². The molecule has 1 aromatic heterocycles. The molecule has 0 spiro atoms. The highest BCUT2D eigenvalue weighted by Gasteiger charge is 2.07. The summed E-state index contributed by atoms with van der Waals surface area (Å²) in [4.78, 5) is 17.4. The van der Waals surface area contributed by atoms with Crippen LogP contribution in [0.15, 0.2) is 64.7 Å². The molecule has 0 bridgehead atoms. The van der Waals surface area contributed by atoms with Crippen molar-refractivity contribution in [1.82, 2.24) is 10.4 Å². The molecule has 0 fully saturated rings. The van der Waals surface area contributed by atoms with Crippen LogP contribution in [-0.4, -0.2) is 34.6 Å². The Hall–Kier alpha value is -3.06. The van der Waals surface area contributed by atoms with E-state index in [2.05, 4.69) is 15.5 Å². The minimum absolute atomic E-state index is 0.00597. The molecule has 2 aromatic carbocycles. The number of amides is 1. The Labute approximate surface area is 161 Å². The first-order chi connectivity index (χ1) is 13.2. The lowest BCUT2D eigenvalue weighted by molar-refractivity contribution is -0.118. The van der Waals surface area contributed by atoms with Crippen LogP contribution in [0.4, 0.5) is 0 Å². The fourth-order valence-corrected chi connectivity index (χ4v) is 3.29. The summed E-state index contributed by atoms with van der Waals surface area (Å²) in [6.45, 7) is 2.29. The summed E-state index contributed by atoms with van der Waals surface area (Å²) in [6, 6.07) is 14.8. The highest BCUT2D eigenvalue weighted by atomic mass is 32.2. The summed E-state index contributed by atoms with van der Waals surface area (Å²) >= 11 is 1.40. The number of aromatic nitrogens is 1. The molecular formula is C20H19N3O3S. The standard InChI is InChI=1S/C20H19N3O3S/c1-2-26-16-9-3-7-15(20(16)25)12-22-23-18(24)13-27-17-10-4-6-14-8-5-11-21-19(14)17/h3-12,25H,2,13H2,1H3,(H,23,24)/b22-12+. The molecule has 0 radical (unpaired) electrons. The molecule has 27 heavy (non-hydrogen) atoms. The first kappa shape index (κ1) is 18.7. The number of nitrogens with one attached hydrogen (secondary N) is 1. The molecule has 0 unspecified atom stereocenters. The SMILES string of the molecule is CCOc1cccc(/C=N/NC(=O)CSc2cccc3cccnc23)c1O. The number of fused-ring (bicyclic) bond motifs is 1. The number of hydrogen-bond donors (Lipinski definition) is 2. The summed E-state index contributed by atoms with van der Waals surface area (Å²) in [7, 11) is 0. The van der Waals surface area contributed by atoms with Crippen molar-refractivity contribution in [2.45, 2.75) is 11.8 Å². The summed E-state index contributed by atoms with van der Waals surface area (Å²) in [5, 5.41) is 15.0. The van der Waals surface area contributed by atoms with Crippen molar-refractivity contribution in [3.8, 4) is 11.5 Å². The number of benzene rings is 2. The zero-order chi connectivity index (χ0) is 19.1. The van der Waals surface area contributed by atoms with Gasteiger partial charge in [0.2, 0.25) is 5.91 Å². The first-order valence-electron chi connectivity index (χ1n) is 8.42. The third kappa shape index (κ3) is 4.77. The maximum absolute atomic E-state index is 12.0. The van der Waals surface area contributed by atoms with Gasteiger partial charge < -0.3 is 9.84 Å². The van der Waals surface area contributed by atoms with Crippen molar-refractivity contribution in [3.63, 3.8) is 0 Å². The third-order valence-electron chi connectivity index (χ3n) is 3.68. The molecule has 1 heterocycles. The molecule has 0 aliphatic rings. The topological polar surface area (TPSA) is 83.8 Å². The molecule has 0 aliphatic carbocycles. The van der Waals surface area contributed by atoms with Crippen LogP contribution in [0.5, 0.6) is 11.5 Å². The third-order valence-corrected chi connectivity index (χ3v) is 4.72. The molecule has 1 amide bonds. The Morgan fingerprint density at radius 1 is 1.26 bits per heavy atom. The molecule has 6 nitrogen and oxygen atoms in total. The van der Waals surface area contributed by atoms with E-state index in [4.69, 9.17) is 4.74 Å². The number of pyridine rings is 1. The van der Waals surface area contributed by atoms with Gasteiger partial charge in [-0.1, -0.05) is 24.3 Å². The monoisotopic (exact) mass is 381 g/mol. The highest BCUT2D eigenvalue weighted by Crippen LogP contribution is 2.28. The highest BCUT2D eigenvalue weighted by molar-refractivity contribution is 8.00. The van der Waals surface area contributed by atoms with Crippen molar-refractivity contribution in [1.29, 1.82) is 0 Å². The number of aromatic hydroxyl groups is 1. The number of nitrogens with zero attached hydrogens (tertiary/aromatic N) is 2. The van der Waals surface area contributed by atoms with Crippen molar-refractivity contribution >= 4 is 34.8 Å². The fraction of sp³-hybridized carbons (Fsp3) is 0.150. The maximum Gasteiger partial charge on any atom is 0.250 e. The second kappa shape index (κ2) is 9.05. The Bertz CT molecular complexity index is 970. The van der Waals surface area contributed by atoms with E-state index in [-0.39, 0.29) is 17.4 Å². The average molecular weight is 381 g/mol.